The van der Waals surface area contributed by atoms with Crippen LogP contribution in [0.25, 0.3) is 10.9 Å². The number of ether oxygens (including phenoxy) is 1. The van der Waals surface area contributed by atoms with Gasteiger partial charge >= 0.3 is 0 Å². The number of rotatable bonds is 4. The summed E-state index contributed by atoms with van der Waals surface area (Å²) >= 11 is 0. The van der Waals surface area contributed by atoms with Crippen molar-refractivity contribution in [2.75, 3.05) is 39.9 Å². The van der Waals surface area contributed by atoms with Crippen LogP contribution in [0.2, 0.25) is 0 Å². The van der Waals surface area contributed by atoms with E-state index in [4.69, 9.17) is 4.74 Å². The van der Waals surface area contributed by atoms with Gasteiger partial charge in [0.2, 0.25) is 0 Å². The van der Waals surface area contributed by atoms with Crippen LogP contribution in [0.1, 0.15) is 30.3 Å². The Hall–Kier alpha value is -1.85. The fourth-order valence-corrected chi connectivity index (χ4v) is 4.37. The predicted molar refractivity (Wildman–Crippen MR) is 98.8 cm³/mol. The molecule has 4 rings (SSSR count). The van der Waals surface area contributed by atoms with Gasteiger partial charge in [0.05, 0.1) is 5.54 Å². The lowest BCUT2D eigenvalue weighted by atomic mass is 9.75. The van der Waals surface area contributed by atoms with Crippen LogP contribution in [0.5, 0.6) is 0 Å². The van der Waals surface area contributed by atoms with E-state index < -0.39 is 0 Å². The molecule has 25 heavy (non-hydrogen) atoms. The highest BCUT2D eigenvalue weighted by Gasteiger charge is 2.51. The minimum absolute atomic E-state index is 0.113. The first-order valence-electron chi connectivity index (χ1n) is 9.27. The molecular formula is C20H27N3O2. The lowest BCUT2D eigenvalue weighted by molar-refractivity contribution is -0.0752. The Balaban J connectivity index is 1.43. The molecule has 0 unspecified atom stereocenters. The number of benzene rings is 1. The first-order chi connectivity index (χ1) is 12.1. The second-order valence-corrected chi connectivity index (χ2v) is 7.60. The minimum Gasteiger partial charge on any atom is -0.381 e. The fraction of sp³-hybridized carbons (Fsp3) is 0.550. The molecule has 0 radical (unpaired) electrons. The standard InChI is InChI=1S/C20H27N3O2/c1-3-25-12-15-8-9-22(2)20(11-15)13-23(14-20)19(24)18-10-16-6-4-5-7-17(16)21-18/h4-7,10,15,21H,3,8-9,11-14H2,1-2H3/t15-/m1/s1. The summed E-state index contributed by atoms with van der Waals surface area (Å²) in [6.07, 6.45) is 2.31. The van der Waals surface area contributed by atoms with Gasteiger partial charge in [-0.05, 0) is 51.4 Å². The van der Waals surface area contributed by atoms with Crippen LogP contribution in [0.3, 0.4) is 0 Å². The van der Waals surface area contributed by atoms with Gasteiger partial charge in [0.25, 0.3) is 5.91 Å². The maximum absolute atomic E-state index is 12.8. The molecule has 1 amide bonds. The molecule has 0 bridgehead atoms. The van der Waals surface area contributed by atoms with Crippen LogP contribution < -0.4 is 0 Å². The van der Waals surface area contributed by atoms with Gasteiger partial charge in [0.15, 0.2) is 0 Å². The van der Waals surface area contributed by atoms with E-state index in [-0.39, 0.29) is 11.4 Å². The van der Waals surface area contributed by atoms with Crippen molar-refractivity contribution in [2.24, 2.45) is 5.92 Å². The van der Waals surface area contributed by atoms with Gasteiger partial charge in [0, 0.05) is 37.2 Å². The summed E-state index contributed by atoms with van der Waals surface area (Å²) in [5.41, 5.74) is 1.86. The summed E-state index contributed by atoms with van der Waals surface area (Å²) in [6.45, 7) is 6.41. The van der Waals surface area contributed by atoms with Crippen molar-refractivity contribution in [1.82, 2.24) is 14.8 Å². The van der Waals surface area contributed by atoms with Crippen LogP contribution in [0.15, 0.2) is 30.3 Å². The summed E-state index contributed by atoms with van der Waals surface area (Å²) in [5, 5.41) is 1.09. The van der Waals surface area contributed by atoms with Crippen LogP contribution in [-0.4, -0.2) is 66.1 Å². The van der Waals surface area contributed by atoms with E-state index in [9.17, 15) is 4.79 Å². The molecule has 1 aromatic carbocycles. The Kier molecular flexibility index (Phi) is 4.29. The first-order valence-corrected chi connectivity index (χ1v) is 9.27. The number of amides is 1. The summed E-state index contributed by atoms with van der Waals surface area (Å²) < 4.78 is 5.64. The van der Waals surface area contributed by atoms with Gasteiger partial charge < -0.3 is 14.6 Å². The number of hydrogen-bond acceptors (Lipinski definition) is 3. The monoisotopic (exact) mass is 341 g/mol. The molecule has 2 aliphatic rings. The highest BCUT2D eigenvalue weighted by atomic mass is 16.5. The van der Waals surface area contributed by atoms with Crippen LogP contribution in [0, 0.1) is 5.92 Å². The number of para-hydroxylation sites is 1. The molecule has 0 aliphatic carbocycles. The summed E-state index contributed by atoms with van der Waals surface area (Å²) in [5.74, 6) is 0.726. The highest BCUT2D eigenvalue weighted by Crippen LogP contribution is 2.39. The number of likely N-dealkylation sites (N-methyl/N-ethyl adjacent to an activating group) is 1. The van der Waals surface area contributed by atoms with Crippen LogP contribution >= 0.6 is 0 Å². The number of likely N-dealkylation sites (tertiary alicyclic amines) is 2. The van der Waals surface area contributed by atoms with Gasteiger partial charge in [-0.3, -0.25) is 9.69 Å². The Morgan fingerprint density at radius 3 is 2.92 bits per heavy atom. The van der Waals surface area contributed by atoms with Gasteiger partial charge in [-0.2, -0.15) is 0 Å². The summed E-state index contributed by atoms with van der Waals surface area (Å²) in [6, 6.07) is 10.00. The van der Waals surface area contributed by atoms with Crippen LogP contribution in [-0.2, 0) is 4.74 Å². The molecule has 0 saturated carbocycles. The molecule has 5 nitrogen and oxygen atoms in total. The zero-order valence-electron chi connectivity index (χ0n) is 15.1. The molecule has 134 valence electrons. The van der Waals surface area contributed by atoms with Crippen molar-refractivity contribution in [3.8, 4) is 0 Å². The van der Waals surface area contributed by atoms with E-state index in [1.165, 1.54) is 6.42 Å². The van der Waals surface area contributed by atoms with Crippen LogP contribution in [0.4, 0.5) is 0 Å². The SMILES string of the molecule is CCOC[C@@H]1CCN(C)C2(C1)CN(C(=O)c1cc3ccccc3[nH]1)C2. The molecule has 5 heteroatoms. The number of aromatic amines is 1. The maximum Gasteiger partial charge on any atom is 0.270 e. The molecular weight excluding hydrogens is 314 g/mol. The Morgan fingerprint density at radius 2 is 2.16 bits per heavy atom. The Morgan fingerprint density at radius 1 is 1.36 bits per heavy atom. The third-order valence-electron chi connectivity index (χ3n) is 5.93. The van der Waals surface area contributed by atoms with Crippen molar-refractivity contribution in [3.05, 3.63) is 36.0 Å². The van der Waals surface area contributed by atoms with Crippen molar-refractivity contribution in [1.29, 1.82) is 0 Å². The molecule has 2 saturated heterocycles. The smallest absolute Gasteiger partial charge is 0.270 e. The number of nitrogens with one attached hydrogen (secondary N) is 1. The topological polar surface area (TPSA) is 48.6 Å². The Labute approximate surface area is 148 Å². The van der Waals surface area contributed by atoms with E-state index in [0.717, 1.165) is 50.2 Å². The quantitative estimate of drug-likeness (QED) is 0.930. The number of carbonyl (C=O) groups is 1. The van der Waals surface area contributed by atoms with Gasteiger partial charge in [-0.15, -0.1) is 0 Å². The molecule has 1 N–H and O–H groups in total. The third-order valence-corrected chi connectivity index (χ3v) is 5.93. The van der Waals surface area contributed by atoms with Gasteiger partial charge in [-0.1, -0.05) is 18.2 Å². The van der Waals surface area contributed by atoms with Gasteiger partial charge in [0.1, 0.15) is 5.69 Å². The maximum atomic E-state index is 12.8. The van der Waals surface area contributed by atoms with Crippen molar-refractivity contribution in [3.63, 3.8) is 0 Å². The van der Waals surface area contributed by atoms with Crippen molar-refractivity contribution in [2.45, 2.75) is 25.3 Å². The molecule has 2 aromatic rings. The molecule has 1 spiro atoms. The lowest BCUT2D eigenvalue weighted by Crippen LogP contribution is -2.72. The van der Waals surface area contributed by atoms with Crippen molar-refractivity contribution < 1.29 is 9.53 Å². The number of hydrogen-bond donors (Lipinski definition) is 1. The minimum atomic E-state index is 0.113. The zero-order chi connectivity index (χ0) is 17.4. The molecule has 3 heterocycles. The van der Waals surface area contributed by atoms with E-state index in [0.29, 0.717) is 11.6 Å². The summed E-state index contributed by atoms with van der Waals surface area (Å²) in [7, 11) is 2.20. The number of carbonyl (C=O) groups excluding carboxylic acids is 1. The van der Waals surface area contributed by atoms with E-state index in [1.54, 1.807) is 0 Å². The second-order valence-electron chi connectivity index (χ2n) is 7.60. The first kappa shape index (κ1) is 16.6. The average molecular weight is 341 g/mol. The lowest BCUT2D eigenvalue weighted by Gasteiger charge is -2.58. The fourth-order valence-electron chi connectivity index (χ4n) is 4.37. The normalized spacial score (nSPS) is 23.1. The molecule has 1 atom stereocenters. The highest BCUT2D eigenvalue weighted by molar-refractivity contribution is 5.98. The number of fused-ring (bicyclic) bond motifs is 1. The number of H-pyrrole nitrogens is 1. The average Bonchev–Trinajstić information content (AvgIpc) is 3.03. The second kappa shape index (κ2) is 6.46. The number of nitrogens with zero attached hydrogens (tertiary/aromatic N) is 2. The zero-order valence-corrected chi connectivity index (χ0v) is 15.1. The van der Waals surface area contributed by atoms with Crippen molar-refractivity contribution >= 4 is 16.8 Å². The third kappa shape index (κ3) is 2.96. The van der Waals surface area contributed by atoms with E-state index in [2.05, 4.69) is 23.9 Å². The van der Waals surface area contributed by atoms with E-state index >= 15 is 0 Å². The molecule has 2 fully saturated rings. The van der Waals surface area contributed by atoms with E-state index in [1.807, 2.05) is 35.2 Å². The Bertz CT molecular complexity index is 728. The van der Waals surface area contributed by atoms with Gasteiger partial charge in [-0.25, -0.2) is 0 Å². The molecule has 1 aromatic heterocycles. The number of piperidine rings is 1. The number of aromatic nitrogens is 1. The summed E-state index contributed by atoms with van der Waals surface area (Å²) in [4.78, 5) is 20.5. The largest absolute Gasteiger partial charge is 0.381 e. The predicted octanol–water partition coefficient (Wildman–Crippen LogP) is 2.74. The molecule has 2 aliphatic heterocycles.